The van der Waals surface area contributed by atoms with E-state index in [1.54, 1.807) is 0 Å². The van der Waals surface area contributed by atoms with Crippen molar-refractivity contribution in [2.45, 2.75) is 13.5 Å². The van der Waals surface area contributed by atoms with E-state index >= 15 is 0 Å². The predicted molar refractivity (Wildman–Crippen MR) is 47.4 cm³/mol. The first-order valence-electron chi connectivity index (χ1n) is 5.44. The zero-order valence-corrected chi connectivity index (χ0v) is 7.35. The second-order valence-corrected chi connectivity index (χ2v) is 2.54. The highest BCUT2D eigenvalue weighted by molar-refractivity contribution is 6.32. The molecule has 1 rings (SSSR count). The van der Waals surface area contributed by atoms with Gasteiger partial charge in [0.15, 0.2) is 0 Å². The summed E-state index contributed by atoms with van der Waals surface area (Å²) in [5.74, 6) is 0. The lowest BCUT2D eigenvalue weighted by Crippen LogP contribution is -1.96. The molecule has 0 unspecified atom stereocenters. The number of hydrogen-bond donors (Lipinski definition) is 0. The van der Waals surface area contributed by atoms with Gasteiger partial charge in [-0.3, -0.25) is 0 Å². The number of halogens is 2. The molecule has 0 amide bonds. The Balaban J connectivity index is 2.74. The molecular formula is C7H8Cl2N2O. The fraction of sp³-hybridized carbons (Fsp3) is 0.429. The van der Waals surface area contributed by atoms with Crippen molar-refractivity contribution < 1.29 is 11.6 Å². The van der Waals surface area contributed by atoms with E-state index < -0.39 is 13.4 Å². The monoisotopic (exact) mass is 211 g/mol. The van der Waals surface area contributed by atoms with Crippen LogP contribution in [-0.2, 0) is 11.3 Å². The summed E-state index contributed by atoms with van der Waals surface area (Å²) in [7, 11) is 0. The topological polar surface area (TPSA) is 35.0 Å². The summed E-state index contributed by atoms with van der Waals surface area (Å²) >= 11 is 11.2. The van der Waals surface area contributed by atoms with Gasteiger partial charge in [-0.05, 0) is 18.5 Å². The highest BCUT2D eigenvalue weighted by Gasteiger charge is 2.02. The van der Waals surface area contributed by atoms with Crippen LogP contribution in [0.4, 0.5) is 0 Å². The van der Waals surface area contributed by atoms with Gasteiger partial charge in [0.25, 0.3) is 0 Å². The van der Waals surface area contributed by atoms with Gasteiger partial charge < -0.3 is 4.74 Å². The van der Waals surface area contributed by atoms with Crippen molar-refractivity contribution in [2.75, 3.05) is 6.56 Å². The molecule has 1 heterocycles. The van der Waals surface area contributed by atoms with Gasteiger partial charge in [0.1, 0.15) is 5.15 Å². The van der Waals surface area contributed by atoms with Crippen molar-refractivity contribution in [3.8, 4) is 0 Å². The van der Waals surface area contributed by atoms with E-state index in [-0.39, 0.29) is 22.6 Å². The maximum absolute atomic E-state index is 7.21. The van der Waals surface area contributed by atoms with Gasteiger partial charge in [-0.25, -0.2) is 9.97 Å². The second kappa shape index (κ2) is 4.60. The van der Waals surface area contributed by atoms with Crippen molar-refractivity contribution >= 4 is 23.2 Å². The molecule has 0 saturated carbocycles. The van der Waals surface area contributed by atoms with Crippen LogP contribution >= 0.6 is 23.2 Å². The lowest BCUT2D eigenvalue weighted by Gasteiger charge is -2.02. The van der Waals surface area contributed by atoms with E-state index in [1.807, 2.05) is 0 Å². The van der Waals surface area contributed by atoms with Crippen LogP contribution < -0.4 is 0 Å². The Morgan fingerprint density at radius 2 is 2.58 bits per heavy atom. The summed E-state index contributed by atoms with van der Waals surface area (Å²) in [6.45, 7) is -6.01. The lowest BCUT2D eigenvalue weighted by atomic mass is 10.4. The van der Waals surface area contributed by atoms with Crippen molar-refractivity contribution in [1.29, 1.82) is 0 Å². The fourth-order valence-corrected chi connectivity index (χ4v) is 0.937. The SMILES string of the molecule is [2H]C([2H])([2H])C([2H])([2H])OCc1cnc(Cl)nc1Cl. The Morgan fingerprint density at radius 1 is 1.75 bits per heavy atom. The van der Waals surface area contributed by atoms with Crippen LogP contribution in [0.2, 0.25) is 10.4 Å². The third-order valence-electron chi connectivity index (χ3n) is 1.08. The summed E-state index contributed by atoms with van der Waals surface area (Å²) in [5.41, 5.74) is 0.254. The first-order valence-corrected chi connectivity index (χ1v) is 3.70. The van der Waals surface area contributed by atoms with Crippen molar-refractivity contribution in [3.63, 3.8) is 0 Å². The molecule has 1 aromatic rings. The summed E-state index contributed by atoms with van der Waals surface area (Å²) in [5, 5.41) is -0.0658. The molecular weight excluding hydrogens is 199 g/mol. The maximum Gasteiger partial charge on any atom is 0.223 e. The van der Waals surface area contributed by atoms with Crippen LogP contribution in [0, 0.1) is 0 Å². The first-order chi connectivity index (χ1) is 7.63. The Morgan fingerprint density at radius 3 is 3.25 bits per heavy atom. The van der Waals surface area contributed by atoms with Crippen molar-refractivity contribution in [1.82, 2.24) is 9.97 Å². The number of ether oxygens (including phenoxy) is 1. The minimum Gasteiger partial charge on any atom is -0.377 e. The van der Waals surface area contributed by atoms with Crippen molar-refractivity contribution in [3.05, 3.63) is 22.2 Å². The maximum atomic E-state index is 7.21. The first kappa shape index (κ1) is 4.74. The van der Waals surface area contributed by atoms with Crippen LogP contribution in [0.25, 0.3) is 0 Å². The predicted octanol–water partition coefficient (Wildman–Crippen LogP) is 2.32. The van der Waals surface area contributed by atoms with E-state index in [0.717, 1.165) is 0 Å². The minimum atomic E-state index is -2.88. The van der Waals surface area contributed by atoms with Gasteiger partial charge in [0.05, 0.1) is 9.35 Å². The molecule has 0 fully saturated rings. The second-order valence-electron chi connectivity index (χ2n) is 1.85. The van der Waals surface area contributed by atoms with Gasteiger partial charge in [-0.1, -0.05) is 11.6 Å². The highest BCUT2D eigenvalue weighted by Crippen LogP contribution is 2.14. The molecule has 0 aliphatic rings. The fourth-order valence-electron chi connectivity index (χ4n) is 0.577. The average molecular weight is 212 g/mol. The molecule has 0 aliphatic carbocycles. The Bertz CT molecular complexity index is 412. The molecule has 0 saturated heterocycles. The van der Waals surface area contributed by atoms with E-state index in [4.69, 9.17) is 30.1 Å². The summed E-state index contributed by atoms with van der Waals surface area (Å²) in [6.07, 6.45) is 1.24. The average Bonchev–Trinajstić information content (AvgIpc) is 2.14. The molecule has 5 heteroatoms. The number of rotatable bonds is 3. The molecule has 0 bridgehead atoms. The molecule has 1 aromatic heterocycles. The summed E-state index contributed by atoms with van der Waals surface area (Å²) in [6, 6.07) is 0. The number of hydrogen-bond acceptors (Lipinski definition) is 3. The zero-order chi connectivity index (χ0) is 13.3. The minimum absolute atomic E-state index is 0.00802. The Kier molecular flexibility index (Phi) is 1.82. The molecule has 0 N–H and O–H groups in total. The number of aromatic nitrogens is 2. The van der Waals surface area contributed by atoms with Crippen LogP contribution in [-0.4, -0.2) is 16.5 Å². The summed E-state index contributed by atoms with van der Waals surface area (Å²) in [4.78, 5) is 7.24. The quantitative estimate of drug-likeness (QED) is 0.569. The molecule has 0 radical (unpaired) electrons. The van der Waals surface area contributed by atoms with E-state index in [2.05, 4.69) is 14.7 Å². The van der Waals surface area contributed by atoms with E-state index in [1.165, 1.54) is 6.20 Å². The van der Waals surface area contributed by atoms with Crippen molar-refractivity contribution in [2.24, 2.45) is 0 Å². The highest BCUT2D eigenvalue weighted by atomic mass is 35.5. The molecule has 0 spiro atoms. The third kappa shape index (κ3) is 2.59. The third-order valence-corrected chi connectivity index (χ3v) is 1.59. The Labute approximate surface area is 87.7 Å². The van der Waals surface area contributed by atoms with Gasteiger partial charge in [-0.15, -0.1) is 0 Å². The standard InChI is InChI=1S/C7H8Cl2N2O/c1-2-12-4-5-3-10-7(9)11-6(5)8/h3H,2,4H2,1H3/i1D3,2D2. The largest absolute Gasteiger partial charge is 0.377 e. The van der Waals surface area contributed by atoms with E-state index in [0.29, 0.717) is 0 Å². The van der Waals surface area contributed by atoms with Gasteiger partial charge in [0.2, 0.25) is 5.28 Å². The van der Waals surface area contributed by atoms with Gasteiger partial charge >= 0.3 is 0 Å². The molecule has 12 heavy (non-hydrogen) atoms. The lowest BCUT2D eigenvalue weighted by molar-refractivity contribution is 0.133. The molecule has 3 nitrogen and oxygen atoms in total. The van der Waals surface area contributed by atoms with Crippen LogP contribution in [0.3, 0.4) is 0 Å². The molecule has 66 valence electrons. The number of nitrogens with zero attached hydrogens (tertiary/aromatic N) is 2. The van der Waals surface area contributed by atoms with Crippen LogP contribution in [0.1, 0.15) is 19.3 Å². The molecule has 0 atom stereocenters. The zero-order valence-electron chi connectivity index (χ0n) is 10.8. The molecule has 0 aliphatic heterocycles. The smallest absolute Gasteiger partial charge is 0.223 e. The van der Waals surface area contributed by atoms with Gasteiger partial charge in [-0.2, -0.15) is 0 Å². The van der Waals surface area contributed by atoms with E-state index in [9.17, 15) is 0 Å². The van der Waals surface area contributed by atoms with Crippen LogP contribution in [0.15, 0.2) is 6.20 Å². The van der Waals surface area contributed by atoms with Crippen LogP contribution in [0.5, 0.6) is 0 Å². The Hall–Kier alpha value is -0.380. The summed E-state index contributed by atoms with van der Waals surface area (Å²) < 4.78 is 39.9. The molecule has 0 aromatic carbocycles. The van der Waals surface area contributed by atoms with Gasteiger partial charge in [0, 0.05) is 22.4 Å². The normalized spacial score (nSPS) is 18.7.